The van der Waals surface area contributed by atoms with Crippen LogP contribution < -0.4 is 5.32 Å². The van der Waals surface area contributed by atoms with E-state index in [0.717, 1.165) is 23.4 Å². The summed E-state index contributed by atoms with van der Waals surface area (Å²) in [4.78, 5) is 0. The van der Waals surface area contributed by atoms with E-state index < -0.39 is 7.36 Å². The van der Waals surface area contributed by atoms with Gasteiger partial charge in [0.05, 0.1) is 0 Å². The van der Waals surface area contributed by atoms with Crippen molar-refractivity contribution in [3.63, 3.8) is 0 Å². The maximum Gasteiger partial charge on any atom is 0.198 e. The van der Waals surface area contributed by atoms with Crippen LogP contribution in [0.1, 0.15) is 38.5 Å². The van der Waals surface area contributed by atoms with Gasteiger partial charge >= 0.3 is 0 Å². The van der Waals surface area contributed by atoms with Crippen LogP contribution in [0.25, 0.3) is 0 Å². The van der Waals surface area contributed by atoms with Crippen LogP contribution in [0, 0.1) is 17.8 Å². The average Bonchev–Trinajstić information content (AvgIpc) is 2.58. The number of anilines is 1. The Bertz CT molecular complexity index is 711. The third-order valence-electron chi connectivity index (χ3n) is 7.01. The van der Waals surface area contributed by atoms with Gasteiger partial charge in [-0.3, -0.25) is 9.34 Å². The lowest BCUT2D eigenvalue weighted by Gasteiger charge is -2.63. The van der Waals surface area contributed by atoms with Gasteiger partial charge in [-0.1, -0.05) is 18.2 Å². The first-order valence-electron chi connectivity index (χ1n) is 10.2. The summed E-state index contributed by atoms with van der Waals surface area (Å²) in [5.74, 6) is 2.71. The third-order valence-corrected chi connectivity index (χ3v) is 11.9. The second-order valence-electron chi connectivity index (χ2n) is 9.30. The van der Waals surface area contributed by atoms with Crippen molar-refractivity contribution in [3.8, 4) is 0 Å². The summed E-state index contributed by atoms with van der Waals surface area (Å²) < 4.78 is 10.2. The van der Waals surface area contributed by atoms with Crippen molar-refractivity contribution in [2.24, 2.45) is 22.5 Å². The van der Waals surface area contributed by atoms with E-state index in [-0.39, 0.29) is 0 Å². The Hall–Kier alpha value is -0.740. The number of benzene rings is 1. The summed E-state index contributed by atoms with van der Waals surface area (Å²) in [6.45, 7) is 0. The molecule has 1 aromatic carbocycles. The predicted molar refractivity (Wildman–Crippen MR) is 120 cm³/mol. The van der Waals surface area contributed by atoms with Gasteiger partial charge in [0.1, 0.15) is 7.36 Å². The first-order valence-corrected chi connectivity index (χ1v) is 12.2. The van der Waals surface area contributed by atoms with Gasteiger partial charge in [0.15, 0.2) is 5.11 Å². The molecule has 0 spiro atoms. The van der Waals surface area contributed by atoms with Crippen LogP contribution in [0.4, 0.5) is 5.69 Å². The standard InChI is InChI=1S/C21H33N4PS/c1-24(2)26(25(3)4,23-20(27)22-19-8-6-5-7-9-19)21-13-16-10-17(14-21)12-18(11-16)15-21/h5-9,16-18H,10-15H2,1-4H3,(H,22,27). The number of nitrogens with one attached hydrogen (secondary N) is 1. The molecule has 1 N–H and O–H groups in total. The normalized spacial score (nSPS) is 32.1. The van der Waals surface area contributed by atoms with E-state index in [9.17, 15) is 0 Å². The minimum Gasteiger partial charge on any atom is -0.331 e. The maximum absolute atomic E-state index is 5.77. The van der Waals surface area contributed by atoms with Crippen molar-refractivity contribution >= 4 is 30.4 Å². The fourth-order valence-corrected chi connectivity index (χ4v) is 12.0. The van der Waals surface area contributed by atoms with E-state index in [1.807, 2.05) is 18.2 Å². The first-order chi connectivity index (χ1) is 12.8. The molecule has 1 aromatic rings. The molecule has 4 aliphatic carbocycles. The molecule has 4 aliphatic rings. The smallest absolute Gasteiger partial charge is 0.198 e. The number of rotatable bonds is 4. The molecular weight excluding hydrogens is 371 g/mol. The van der Waals surface area contributed by atoms with E-state index in [2.05, 4.69) is 55.0 Å². The minimum absolute atomic E-state index is 0.303. The van der Waals surface area contributed by atoms with E-state index in [0.29, 0.717) is 10.3 Å². The van der Waals surface area contributed by atoms with Crippen molar-refractivity contribution in [1.82, 2.24) is 9.34 Å². The monoisotopic (exact) mass is 404 g/mol. The SMILES string of the molecule is CN(C)P(=NC(=S)Nc1ccccc1)(N(C)C)C12CC3CC(CC(C3)C1)C2. The van der Waals surface area contributed by atoms with Gasteiger partial charge in [-0.25, -0.2) is 4.74 Å². The van der Waals surface area contributed by atoms with Crippen LogP contribution in [0.3, 0.4) is 0 Å². The quantitative estimate of drug-likeness (QED) is 0.530. The third kappa shape index (κ3) is 3.31. The molecule has 4 fully saturated rings. The lowest BCUT2D eigenvalue weighted by Crippen LogP contribution is -2.54. The van der Waals surface area contributed by atoms with Crippen molar-refractivity contribution in [2.75, 3.05) is 33.5 Å². The molecule has 0 amide bonds. The van der Waals surface area contributed by atoms with Gasteiger partial charge in [0.25, 0.3) is 0 Å². The Labute approximate surface area is 169 Å². The summed E-state index contributed by atoms with van der Waals surface area (Å²) in [5, 5.41) is 4.31. The first kappa shape index (κ1) is 19.6. The fourth-order valence-electron chi connectivity index (χ4n) is 6.72. The molecule has 5 rings (SSSR count). The van der Waals surface area contributed by atoms with E-state index >= 15 is 0 Å². The molecule has 0 unspecified atom stereocenters. The Kier molecular flexibility index (Phi) is 5.26. The molecule has 0 radical (unpaired) electrons. The zero-order chi connectivity index (χ0) is 19.2. The maximum atomic E-state index is 5.77. The summed E-state index contributed by atoms with van der Waals surface area (Å²) in [6, 6.07) is 10.2. The van der Waals surface area contributed by atoms with Gasteiger partial charge in [-0.15, -0.1) is 0 Å². The average molecular weight is 405 g/mol. The van der Waals surface area contributed by atoms with Crippen molar-refractivity contribution < 1.29 is 0 Å². The molecule has 0 aliphatic heterocycles. The van der Waals surface area contributed by atoms with Crippen LogP contribution in [-0.4, -0.2) is 47.8 Å². The highest BCUT2D eigenvalue weighted by Crippen LogP contribution is 2.75. The van der Waals surface area contributed by atoms with Crippen LogP contribution in [0.5, 0.6) is 0 Å². The Morgan fingerprint density at radius 3 is 1.89 bits per heavy atom. The summed E-state index contributed by atoms with van der Waals surface area (Å²) in [7, 11) is 6.95. The van der Waals surface area contributed by atoms with E-state index in [1.165, 1.54) is 38.5 Å². The predicted octanol–water partition coefficient (Wildman–Crippen LogP) is 5.51. The van der Waals surface area contributed by atoms with Crippen molar-refractivity contribution in [2.45, 2.75) is 43.7 Å². The molecule has 27 heavy (non-hydrogen) atoms. The molecule has 0 saturated heterocycles. The zero-order valence-electron chi connectivity index (χ0n) is 17.1. The number of hydrogen-bond donors (Lipinski definition) is 1. The topological polar surface area (TPSA) is 30.9 Å². The highest BCUT2D eigenvalue weighted by Gasteiger charge is 2.59. The molecule has 6 heteroatoms. The van der Waals surface area contributed by atoms with Crippen molar-refractivity contribution in [3.05, 3.63) is 30.3 Å². The Morgan fingerprint density at radius 1 is 0.963 bits per heavy atom. The fraction of sp³-hybridized carbons (Fsp3) is 0.667. The number of hydrogen-bond acceptors (Lipinski definition) is 1. The molecule has 0 aromatic heterocycles. The minimum atomic E-state index is -1.94. The number of thiocarbonyl (C=S) groups is 1. The highest BCUT2D eigenvalue weighted by atomic mass is 32.1. The highest BCUT2D eigenvalue weighted by molar-refractivity contribution is 7.81. The van der Waals surface area contributed by atoms with Gasteiger partial charge in [-0.05, 0) is 109 Å². The van der Waals surface area contributed by atoms with Crippen LogP contribution in [0.15, 0.2) is 35.1 Å². The number of para-hydroxylation sites is 1. The summed E-state index contributed by atoms with van der Waals surface area (Å²) in [5.41, 5.74) is 1.02. The molecule has 4 bridgehead atoms. The molecular formula is C21H33N4PS. The molecule has 0 heterocycles. The summed E-state index contributed by atoms with van der Waals surface area (Å²) >= 11 is 5.77. The lowest BCUT2D eigenvalue weighted by atomic mass is 9.56. The number of nitrogens with zero attached hydrogens (tertiary/aromatic N) is 3. The van der Waals surface area contributed by atoms with Crippen LogP contribution >= 0.6 is 19.6 Å². The Morgan fingerprint density at radius 2 is 1.44 bits per heavy atom. The van der Waals surface area contributed by atoms with Gasteiger partial charge < -0.3 is 5.32 Å². The molecule has 0 atom stereocenters. The largest absolute Gasteiger partial charge is 0.331 e. The van der Waals surface area contributed by atoms with Gasteiger partial charge in [-0.2, -0.15) is 0 Å². The second-order valence-corrected chi connectivity index (χ2v) is 13.6. The Balaban J connectivity index is 1.75. The van der Waals surface area contributed by atoms with E-state index in [4.69, 9.17) is 17.0 Å². The van der Waals surface area contributed by atoms with Crippen molar-refractivity contribution in [1.29, 1.82) is 0 Å². The molecule has 148 valence electrons. The lowest BCUT2D eigenvalue weighted by molar-refractivity contribution is 0.0307. The second kappa shape index (κ2) is 7.26. The van der Waals surface area contributed by atoms with E-state index in [1.54, 1.807) is 0 Å². The van der Waals surface area contributed by atoms with Crippen LogP contribution in [0.2, 0.25) is 0 Å². The molecule has 4 nitrogen and oxygen atoms in total. The van der Waals surface area contributed by atoms with Gasteiger partial charge in [0, 0.05) is 10.8 Å². The molecule has 4 saturated carbocycles. The summed E-state index contributed by atoms with van der Waals surface area (Å²) in [6.07, 6.45) is 8.36. The van der Waals surface area contributed by atoms with Gasteiger partial charge in [0.2, 0.25) is 0 Å². The zero-order valence-corrected chi connectivity index (χ0v) is 18.8. The van der Waals surface area contributed by atoms with Crippen LogP contribution in [-0.2, 0) is 0 Å².